The van der Waals surface area contributed by atoms with Gasteiger partial charge in [0.2, 0.25) is 10.0 Å². The van der Waals surface area contributed by atoms with E-state index in [0.717, 1.165) is 25.7 Å². The van der Waals surface area contributed by atoms with Crippen LogP contribution in [-0.4, -0.2) is 56.4 Å². The molecule has 2 aliphatic rings. The van der Waals surface area contributed by atoms with Crippen LogP contribution >= 0.6 is 0 Å². The van der Waals surface area contributed by atoms with E-state index in [4.69, 9.17) is 4.74 Å². The second-order valence-electron chi connectivity index (χ2n) is 6.03. The zero-order valence-corrected chi connectivity index (χ0v) is 12.9. The van der Waals surface area contributed by atoms with Crippen LogP contribution in [-0.2, 0) is 14.8 Å². The first-order valence-corrected chi connectivity index (χ1v) is 9.06. The van der Waals surface area contributed by atoms with Crippen molar-refractivity contribution in [3.8, 4) is 0 Å². The van der Waals surface area contributed by atoms with Gasteiger partial charge in [-0.1, -0.05) is 0 Å². The molecule has 2 saturated heterocycles. The Kier molecular flexibility index (Phi) is 4.87. The van der Waals surface area contributed by atoms with Gasteiger partial charge in [0.05, 0.1) is 18.5 Å². The van der Waals surface area contributed by atoms with Crippen molar-refractivity contribution >= 4 is 10.0 Å². The van der Waals surface area contributed by atoms with Crippen molar-refractivity contribution in [3.05, 3.63) is 0 Å². The number of nitrogens with one attached hydrogen (secondary N) is 1. The molecule has 2 rings (SSSR count). The summed E-state index contributed by atoms with van der Waals surface area (Å²) in [6.07, 6.45) is 5.85. The lowest BCUT2D eigenvalue weighted by Crippen LogP contribution is -2.50. The molecule has 0 saturated carbocycles. The molecule has 6 heteroatoms. The topological polar surface area (TPSA) is 58.6 Å². The van der Waals surface area contributed by atoms with E-state index in [1.165, 1.54) is 6.26 Å². The molecule has 1 N–H and O–H groups in total. The standard InChI is InChI=1S/C13H26N2O3S/c1-10-8-13(9-11(2)18-10)14-12-4-6-15(7-5-12)19(3,16)17/h10-14H,4-9H2,1-3H3. The molecule has 0 bridgehead atoms. The molecule has 0 aromatic rings. The van der Waals surface area contributed by atoms with Gasteiger partial charge in [-0.05, 0) is 39.5 Å². The molecule has 5 nitrogen and oxygen atoms in total. The predicted octanol–water partition coefficient (Wildman–Crippen LogP) is 0.956. The Morgan fingerprint density at radius 2 is 1.58 bits per heavy atom. The first-order chi connectivity index (χ1) is 8.84. The van der Waals surface area contributed by atoms with Crippen molar-refractivity contribution < 1.29 is 13.2 Å². The summed E-state index contributed by atoms with van der Waals surface area (Å²) in [5, 5.41) is 3.69. The minimum atomic E-state index is -3.01. The fourth-order valence-corrected chi connectivity index (χ4v) is 4.10. The SMILES string of the molecule is CC1CC(NC2CCN(S(C)(=O)=O)CC2)CC(C)O1. The van der Waals surface area contributed by atoms with Crippen LogP contribution in [0.2, 0.25) is 0 Å². The number of rotatable bonds is 3. The highest BCUT2D eigenvalue weighted by Crippen LogP contribution is 2.21. The molecular formula is C13H26N2O3S. The largest absolute Gasteiger partial charge is 0.375 e. The van der Waals surface area contributed by atoms with E-state index < -0.39 is 10.0 Å². The zero-order valence-electron chi connectivity index (χ0n) is 12.1. The molecule has 2 fully saturated rings. The summed E-state index contributed by atoms with van der Waals surface area (Å²) < 4.78 is 30.2. The Morgan fingerprint density at radius 1 is 1.05 bits per heavy atom. The molecule has 19 heavy (non-hydrogen) atoms. The van der Waals surface area contributed by atoms with E-state index in [1.807, 2.05) is 0 Å². The van der Waals surface area contributed by atoms with E-state index in [2.05, 4.69) is 19.2 Å². The van der Waals surface area contributed by atoms with Gasteiger partial charge >= 0.3 is 0 Å². The molecule has 0 aliphatic carbocycles. The van der Waals surface area contributed by atoms with Crippen LogP contribution in [0.3, 0.4) is 0 Å². The summed E-state index contributed by atoms with van der Waals surface area (Å²) in [6, 6.07) is 0.953. The molecule has 2 heterocycles. The fourth-order valence-electron chi connectivity index (χ4n) is 3.23. The third-order valence-electron chi connectivity index (χ3n) is 4.09. The van der Waals surface area contributed by atoms with Gasteiger partial charge in [0.25, 0.3) is 0 Å². The lowest BCUT2D eigenvalue weighted by Gasteiger charge is -2.37. The molecule has 0 aromatic carbocycles. The molecule has 0 aromatic heterocycles. The Balaban J connectivity index is 1.79. The third-order valence-corrected chi connectivity index (χ3v) is 5.40. The van der Waals surface area contributed by atoms with Crippen molar-refractivity contribution in [3.63, 3.8) is 0 Å². The first kappa shape index (κ1) is 15.2. The van der Waals surface area contributed by atoms with Crippen molar-refractivity contribution in [2.45, 2.75) is 63.8 Å². The van der Waals surface area contributed by atoms with Gasteiger partial charge in [-0.2, -0.15) is 0 Å². The van der Waals surface area contributed by atoms with Crippen LogP contribution in [0.25, 0.3) is 0 Å². The van der Waals surface area contributed by atoms with Crippen molar-refractivity contribution in [1.82, 2.24) is 9.62 Å². The molecule has 0 amide bonds. The van der Waals surface area contributed by atoms with Crippen molar-refractivity contribution in [1.29, 1.82) is 0 Å². The smallest absolute Gasteiger partial charge is 0.211 e. The average molecular weight is 290 g/mol. The monoisotopic (exact) mass is 290 g/mol. The van der Waals surface area contributed by atoms with Crippen LogP contribution in [0.15, 0.2) is 0 Å². The Bertz CT molecular complexity index is 381. The summed E-state index contributed by atoms with van der Waals surface area (Å²) in [4.78, 5) is 0. The molecule has 2 unspecified atom stereocenters. The molecule has 0 radical (unpaired) electrons. The van der Waals surface area contributed by atoms with Crippen LogP contribution < -0.4 is 5.32 Å². The maximum absolute atomic E-state index is 11.5. The highest BCUT2D eigenvalue weighted by molar-refractivity contribution is 7.88. The van der Waals surface area contributed by atoms with Gasteiger partial charge in [0.15, 0.2) is 0 Å². The third kappa shape index (κ3) is 4.41. The number of hydrogen-bond acceptors (Lipinski definition) is 4. The zero-order chi connectivity index (χ0) is 14.0. The van der Waals surface area contributed by atoms with E-state index >= 15 is 0 Å². The average Bonchev–Trinajstić information content (AvgIpc) is 2.26. The van der Waals surface area contributed by atoms with Crippen LogP contribution in [0, 0.1) is 0 Å². The summed E-state index contributed by atoms with van der Waals surface area (Å²) in [6.45, 7) is 5.53. The maximum Gasteiger partial charge on any atom is 0.211 e. The Hall–Kier alpha value is -0.170. The number of hydrogen-bond donors (Lipinski definition) is 1. The summed E-state index contributed by atoms with van der Waals surface area (Å²) in [5.41, 5.74) is 0. The van der Waals surface area contributed by atoms with Gasteiger partial charge in [-0.15, -0.1) is 0 Å². The van der Waals surface area contributed by atoms with Gasteiger partial charge in [-0.25, -0.2) is 12.7 Å². The van der Waals surface area contributed by atoms with Crippen LogP contribution in [0.4, 0.5) is 0 Å². The number of piperidine rings is 1. The van der Waals surface area contributed by atoms with Crippen LogP contribution in [0.5, 0.6) is 0 Å². The Labute approximate surface area is 116 Å². The van der Waals surface area contributed by atoms with E-state index in [9.17, 15) is 8.42 Å². The number of sulfonamides is 1. The molecule has 112 valence electrons. The van der Waals surface area contributed by atoms with Crippen molar-refractivity contribution in [2.24, 2.45) is 0 Å². The molecular weight excluding hydrogens is 264 g/mol. The lowest BCUT2D eigenvalue weighted by molar-refractivity contribution is -0.0442. The molecule has 2 aliphatic heterocycles. The van der Waals surface area contributed by atoms with Gasteiger partial charge in [-0.3, -0.25) is 0 Å². The first-order valence-electron chi connectivity index (χ1n) is 7.21. The number of nitrogens with zero attached hydrogens (tertiary/aromatic N) is 1. The molecule has 0 spiro atoms. The van der Waals surface area contributed by atoms with Gasteiger partial charge in [0.1, 0.15) is 0 Å². The van der Waals surface area contributed by atoms with Crippen molar-refractivity contribution in [2.75, 3.05) is 19.3 Å². The summed E-state index contributed by atoms with van der Waals surface area (Å²) >= 11 is 0. The number of ether oxygens (including phenoxy) is 1. The predicted molar refractivity (Wildman–Crippen MR) is 75.6 cm³/mol. The highest BCUT2D eigenvalue weighted by Gasteiger charge is 2.29. The second-order valence-corrected chi connectivity index (χ2v) is 8.01. The fraction of sp³-hybridized carbons (Fsp3) is 1.00. The van der Waals surface area contributed by atoms with Gasteiger partial charge < -0.3 is 10.1 Å². The Morgan fingerprint density at radius 3 is 2.05 bits per heavy atom. The second kappa shape index (κ2) is 6.08. The summed E-state index contributed by atoms with van der Waals surface area (Å²) in [7, 11) is -3.01. The minimum Gasteiger partial charge on any atom is -0.375 e. The van der Waals surface area contributed by atoms with E-state index in [-0.39, 0.29) is 0 Å². The van der Waals surface area contributed by atoms with Gasteiger partial charge in [0, 0.05) is 25.2 Å². The minimum absolute atomic E-state index is 0.317. The normalized spacial score (nSPS) is 35.4. The molecule has 2 atom stereocenters. The maximum atomic E-state index is 11.5. The van der Waals surface area contributed by atoms with E-state index in [1.54, 1.807) is 4.31 Å². The van der Waals surface area contributed by atoms with Crippen LogP contribution in [0.1, 0.15) is 39.5 Å². The lowest BCUT2D eigenvalue weighted by atomic mass is 9.97. The summed E-state index contributed by atoms with van der Waals surface area (Å²) in [5.74, 6) is 0. The van der Waals surface area contributed by atoms with E-state index in [0.29, 0.717) is 37.4 Å². The highest BCUT2D eigenvalue weighted by atomic mass is 32.2. The quantitative estimate of drug-likeness (QED) is 0.841.